The fraction of sp³-hybridized carbons (Fsp3) is 0.571. The fourth-order valence-electron chi connectivity index (χ4n) is 2.16. The van der Waals surface area contributed by atoms with Crippen LogP contribution in [0, 0.1) is 5.92 Å². The van der Waals surface area contributed by atoms with Gasteiger partial charge in [-0.05, 0) is 38.3 Å². The number of aliphatic hydroxyl groups is 1. The molecular weight excluding hydrogens is 198 g/mol. The lowest BCUT2D eigenvalue weighted by Crippen LogP contribution is -2.34. The van der Waals surface area contributed by atoms with Crippen LogP contribution in [0.15, 0.2) is 30.3 Å². The zero-order valence-corrected chi connectivity index (χ0v) is 10.1. The Morgan fingerprint density at radius 1 is 1.31 bits per heavy atom. The Labute approximate surface area is 97.9 Å². The first-order valence-corrected chi connectivity index (χ1v) is 6.11. The van der Waals surface area contributed by atoms with Gasteiger partial charge in [0.2, 0.25) is 0 Å². The molecule has 2 unspecified atom stereocenters. The predicted octanol–water partition coefficient (Wildman–Crippen LogP) is 2.45. The van der Waals surface area contributed by atoms with Gasteiger partial charge in [0, 0.05) is 12.6 Å². The monoisotopic (exact) mass is 219 g/mol. The molecular formula is C14H21NO. The van der Waals surface area contributed by atoms with Gasteiger partial charge in [0.05, 0.1) is 6.10 Å². The largest absolute Gasteiger partial charge is 0.387 e. The van der Waals surface area contributed by atoms with Gasteiger partial charge < -0.3 is 10.0 Å². The van der Waals surface area contributed by atoms with Crippen LogP contribution in [-0.2, 0) is 0 Å². The number of rotatable bonds is 5. The van der Waals surface area contributed by atoms with E-state index in [9.17, 15) is 5.11 Å². The zero-order chi connectivity index (χ0) is 11.5. The van der Waals surface area contributed by atoms with E-state index in [1.54, 1.807) is 0 Å². The highest BCUT2D eigenvalue weighted by Gasteiger charge is 2.31. The molecule has 1 aromatic carbocycles. The molecule has 2 atom stereocenters. The number of aliphatic hydroxyl groups excluding tert-OH is 1. The highest BCUT2D eigenvalue weighted by Crippen LogP contribution is 2.35. The van der Waals surface area contributed by atoms with Crippen LogP contribution >= 0.6 is 0 Å². The van der Waals surface area contributed by atoms with Gasteiger partial charge in [-0.2, -0.15) is 0 Å². The normalized spacial score (nSPS) is 19.8. The van der Waals surface area contributed by atoms with Gasteiger partial charge in [-0.1, -0.05) is 30.3 Å². The van der Waals surface area contributed by atoms with E-state index in [4.69, 9.17) is 0 Å². The highest BCUT2D eigenvalue weighted by atomic mass is 16.3. The summed E-state index contributed by atoms with van der Waals surface area (Å²) in [7, 11) is 2.11. The SMILES string of the molecule is CC(C1CC1)N(C)CC(O)c1ccccc1. The Kier molecular flexibility index (Phi) is 3.62. The highest BCUT2D eigenvalue weighted by molar-refractivity contribution is 5.17. The van der Waals surface area contributed by atoms with E-state index in [2.05, 4.69) is 18.9 Å². The molecule has 0 spiro atoms. The summed E-state index contributed by atoms with van der Waals surface area (Å²) in [5.41, 5.74) is 1.01. The van der Waals surface area contributed by atoms with Crippen LogP contribution in [0.1, 0.15) is 31.4 Å². The third-order valence-corrected chi connectivity index (χ3v) is 3.64. The van der Waals surface area contributed by atoms with Crippen LogP contribution < -0.4 is 0 Å². The van der Waals surface area contributed by atoms with E-state index in [-0.39, 0.29) is 6.10 Å². The Hall–Kier alpha value is -0.860. The van der Waals surface area contributed by atoms with Gasteiger partial charge in [-0.3, -0.25) is 0 Å². The standard InChI is InChI=1S/C14H21NO/c1-11(12-8-9-12)15(2)10-14(16)13-6-4-3-5-7-13/h3-7,11-12,14,16H,8-10H2,1-2H3. The molecule has 1 aromatic rings. The van der Waals surface area contributed by atoms with Crippen molar-refractivity contribution in [1.82, 2.24) is 4.90 Å². The first kappa shape index (κ1) is 11.6. The summed E-state index contributed by atoms with van der Waals surface area (Å²) in [6, 6.07) is 10.5. The lowest BCUT2D eigenvalue weighted by molar-refractivity contribution is 0.103. The summed E-state index contributed by atoms with van der Waals surface area (Å²) in [6.07, 6.45) is 2.34. The number of benzene rings is 1. The van der Waals surface area contributed by atoms with Crippen LogP contribution in [0.2, 0.25) is 0 Å². The molecule has 1 aliphatic carbocycles. The third-order valence-electron chi connectivity index (χ3n) is 3.64. The van der Waals surface area contributed by atoms with Gasteiger partial charge >= 0.3 is 0 Å². The summed E-state index contributed by atoms with van der Waals surface area (Å²) in [5.74, 6) is 0.855. The molecule has 0 amide bonds. The molecule has 1 aliphatic rings. The lowest BCUT2D eigenvalue weighted by atomic mass is 10.1. The molecule has 2 rings (SSSR count). The second-order valence-corrected chi connectivity index (χ2v) is 4.94. The smallest absolute Gasteiger partial charge is 0.0916 e. The molecule has 0 heterocycles. The van der Waals surface area contributed by atoms with Gasteiger partial charge in [0.15, 0.2) is 0 Å². The fourth-order valence-corrected chi connectivity index (χ4v) is 2.16. The minimum Gasteiger partial charge on any atom is -0.387 e. The van der Waals surface area contributed by atoms with Gasteiger partial charge in [0.1, 0.15) is 0 Å². The lowest BCUT2D eigenvalue weighted by Gasteiger charge is -2.27. The summed E-state index contributed by atoms with van der Waals surface area (Å²) in [4.78, 5) is 2.27. The average Bonchev–Trinajstić information content (AvgIpc) is 3.13. The van der Waals surface area contributed by atoms with Crippen molar-refractivity contribution >= 4 is 0 Å². The maximum absolute atomic E-state index is 10.1. The van der Waals surface area contributed by atoms with Crippen molar-refractivity contribution in [2.75, 3.05) is 13.6 Å². The van der Waals surface area contributed by atoms with E-state index in [0.717, 1.165) is 18.0 Å². The molecule has 2 nitrogen and oxygen atoms in total. The van der Waals surface area contributed by atoms with Crippen LogP contribution in [0.4, 0.5) is 0 Å². The van der Waals surface area contributed by atoms with Gasteiger partial charge in [-0.25, -0.2) is 0 Å². The number of hydrogen-bond donors (Lipinski definition) is 1. The third kappa shape index (κ3) is 2.83. The molecule has 1 N–H and O–H groups in total. The molecule has 1 fully saturated rings. The maximum atomic E-state index is 10.1. The molecule has 1 saturated carbocycles. The topological polar surface area (TPSA) is 23.5 Å². The van der Waals surface area contributed by atoms with Gasteiger partial charge in [0.25, 0.3) is 0 Å². The first-order valence-electron chi connectivity index (χ1n) is 6.11. The molecule has 0 saturated heterocycles. The first-order chi connectivity index (χ1) is 7.68. The Bertz CT molecular complexity index is 321. The molecule has 0 aliphatic heterocycles. The van der Waals surface area contributed by atoms with Crippen LogP contribution in [0.25, 0.3) is 0 Å². The summed E-state index contributed by atoms with van der Waals surface area (Å²) in [5, 5.41) is 10.1. The molecule has 88 valence electrons. The van der Waals surface area contributed by atoms with Crippen LogP contribution in [0.3, 0.4) is 0 Å². The second-order valence-electron chi connectivity index (χ2n) is 4.94. The van der Waals surface area contributed by atoms with Crippen molar-refractivity contribution in [2.45, 2.75) is 31.9 Å². The number of nitrogens with zero attached hydrogens (tertiary/aromatic N) is 1. The van der Waals surface area contributed by atoms with E-state index in [0.29, 0.717) is 6.04 Å². The summed E-state index contributed by atoms with van der Waals surface area (Å²) >= 11 is 0. The van der Waals surface area contributed by atoms with Crippen molar-refractivity contribution < 1.29 is 5.11 Å². The quantitative estimate of drug-likeness (QED) is 0.822. The molecule has 2 heteroatoms. The number of likely N-dealkylation sites (N-methyl/N-ethyl adjacent to an activating group) is 1. The molecule has 0 aromatic heterocycles. The Balaban J connectivity index is 1.89. The van der Waals surface area contributed by atoms with Crippen LogP contribution in [0.5, 0.6) is 0 Å². The van der Waals surface area contributed by atoms with Crippen molar-refractivity contribution in [2.24, 2.45) is 5.92 Å². The van der Waals surface area contributed by atoms with Crippen LogP contribution in [-0.4, -0.2) is 29.6 Å². The van der Waals surface area contributed by atoms with E-state index in [1.165, 1.54) is 12.8 Å². The molecule has 0 radical (unpaired) electrons. The van der Waals surface area contributed by atoms with E-state index < -0.39 is 0 Å². The van der Waals surface area contributed by atoms with Gasteiger partial charge in [-0.15, -0.1) is 0 Å². The number of hydrogen-bond acceptors (Lipinski definition) is 2. The molecule has 16 heavy (non-hydrogen) atoms. The van der Waals surface area contributed by atoms with Crippen molar-refractivity contribution in [3.05, 3.63) is 35.9 Å². The van der Waals surface area contributed by atoms with E-state index in [1.807, 2.05) is 30.3 Å². The van der Waals surface area contributed by atoms with Crippen molar-refractivity contribution in [3.8, 4) is 0 Å². The zero-order valence-electron chi connectivity index (χ0n) is 10.1. The second kappa shape index (κ2) is 4.98. The Morgan fingerprint density at radius 2 is 1.94 bits per heavy atom. The summed E-state index contributed by atoms with van der Waals surface area (Å²) < 4.78 is 0. The van der Waals surface area contributed by atoms with E-state index >= 15 is 0 Å². The summed E-state index contributed by atoms with van der Waals surface area (Å²) in [6.45, 7) is 2.98. The average molecular weight is 219 g/mol. The Morgan fingerprint density at radius 3 is 2.50 bits per heavy atom. The van der Waals surface area contributed by atoms with Crippen molar-refractivity contribution in [1.29, 1.82) is 0 Å². The maximum Gasteiger partial charge on any atom is 0.0916 e. The molecule has 0 bridgehead atoms. The van der Waals surface area contributed by atoms with Crippen molar-refractivity contribution in [3.63, 3.8) is 0 Å². The predicted molar refractivity (Wildman–Crippen MR) is 66.2 cm³/mol. The minimum atomic E-state index is -0.368. The minimum absolute atomic E-state index is 0.368.